The lowest BCUT2D eigenvalue weighted by molar-refractivity contribution is -0.906. The molecule has 1 N–H and O–H groups in total. The number of rotatable bonds is 33. The first-order valence-electron chi connectivity index (χ1n) is 20.6. The van der Waals surface area contributed by atoms with Gasteiger partial charge in [-0.3, -0.25) is 4.79 Å². The lowest BCUT2D eigenvalue weighted by Gasteiger charge is -2.28. The number of likely N-dealkylation sites (tertiary alicyclic amines) is 1. The van der Waals surface area contributed by atoms with E-state index in [2.05, 4.69) is 38.2 Å². The number of carbonyl (C=O) groups is 1. The van der Waals surface area contributed by atoms with Gasteiger partial charge < -0.3 is 9.64 Å². The Hall–Kier alpha value is -1.09. The fraction of sp³-hybridized carbons (Fsp3) is 0.881. The predicted octanol–water partition coefficient (Wildman–Crippen LogP) is 11.9. The van der Waals surface area contributed by atoms with Crippen LogP contribution in [0.25, 0.3) is 0 Å². The van der Waals surface area contributed by atoms with Gasteiger partial charge in [0.25, 0.3) is 0 Å². The first-order chi connectivity index (χ1) is 22.3. The van der Waals surface area contributed by atoms with E-state index in [1.165, 1.54) is 180 Å². The molecule has 0 saturated carbocycles. The molecule has 45 heavy (non-hydrogen) atoms. The van der Waals surface area contributed by atoms with Crippen LogP contribution in [0.4, 0.5) is 0 Å². The Morgan fingerprint density at radius 3 is 1.29 bits per heavy atom. The number of esters is 1. The van der Waals surface area contributed by atoms with Crippen molar-refractivity contribution < 1.29 is 14.4 Å². The molecule has 1 fully saturated rings. The molecule has 0 bridgehead atoms. The Morgan fingerprint density at radius 2 is 0.867 bits per heavy atom. The number of ether oxygens (including phenoxy) is 1. The van der Waals surface area contributed by atoms with Gasteiger partial charge in [0, 0.05) is 12.8 Å². The van der Waals surface area contributed by atoms with Crippen LogP contribution >= 0.6 is 0 Å². The highest BCUT2D eigenvalue weighted by molar-refractivity contribution is 5.72. The third kappa shape index (κ3) is 28.8. The van der Waals surface area contributed by atoms with E-state index in [0.717, 1.165) is 32.4 Å². The van der Waals surface area contributed by atoms with E-state index in [4.69, 9.17) is 4.74 Å². The molecule has 0 aromatic rings. The second kappa shape index (κ2) is 34.3. The molecule has 0 unspecified atom stereocenters. The molecule has 3 heteroatoms. The number of unbranched alkanes of at least 4 members (excludes halogenated alkanes) is 24. The highest BCUT2D eigenvalue weighted by atomic mass is 16.5. The average molecular weight is 631 g/mol. The maximum atomic E-state index is 12.5. The summed E-state index contributed by atoms with van der Waals surface area (Å²) in [7, 11) is 0. The van der Waals surface area contributed by atoms with Gasteiger partial charge in [-0.2, -0.15) is 0 Å². The Labute approximate surface area is 282 Å². The highest BCUT2D eigenvalue weighted by Crippen LogP contribution is 2.14. The van der Waals surface area contributed by atoms with Crippen molar-refractivity contribution in [1.29, 1.82) is 0 Å². The van der Waals surface area contributed by atoms with E-state index in [-0.39, 0.29) is 11.9 Å². The lowest BCUT2D eigenvalue weighted by Crippen LogP contribution is -3.13. The highest BCUT2D eigenvalue weighted by Gasteiger charge is 2.28. The van der Waals surface area contributed by atoms with E-state index in [1.807, 2.05) is 0 Å². The zero-order valence-corrected chi connectivity index (χ0v) is 30.7. The van der Waals surface area contributed by atoms with Crippen LogP contribution in [-0.4, -0.2) is 32.2 Å². The average Bonchev–Trinajstić information content (AvgIpc) is 3.06. The Balaban J connectivity index is 1.82. The van der Waals surface area contributed by atoms with Crippen molar-refractivity contribution in [3.8, 4) is 0 Å². The molecule has 0 atom stereocenters. The van der Waals surface area contributed by atoms with Crippen molar-refractivity contribution in [2.24, 2.45) is 5.92 Å². The summed E-state index contributed by atoms with van der Waals surface area (Å²) in [5.74, 6) is 0.238. The minimum Gasteiger partial charge on any atom is -0.465 e. The minimum atomic E-state index is 0.0825. The predicted molar refractivity (Wildman–Crippen MR) is 198 cm³/mol. The quantitative estimate of drug-likeness (QED) is 0.0444. The first kappa shape index (κ1) is 41.9. The van der Waals surface area contributed by atoms with Crippen LogP contribution in [0.5, 0.6) is 0 Å². The number of hydrogen-bond acceptors (Lipinski definition) is 2. The Kier molecular flexibility index (Phi) is 31.9. The number of carbonyl (C=O) groups excluding carboxylic acids is 1. The van der Waals surface area contributed by atoms with Gasteiger partial charge >= 0.3 is 5.97 Å². The van der Waals surface area contributed by atoms with Crippen molar-refractivity contribution in [1.82, 2.24) is 0 Å². The second-order valence-corrected chi connectivity index (χ2v) is 14.3. The second-order valence-electron chi connectivity index (χ2n) is 14.3. The summed E-state index contributed by atoms with van der Waals surface area (Å²) in [6, 6.07) is 0. The third-order valence-electron chi connectivity index (χ3n) is 9.97. The largest absolute Gasteiger partial charge is 0.465 e. The normalized spacial score (nSPS) is 17.1. The zero-order chi connectivity index (χ0) is 32.3. The SMILES string of the molecule is CCCCCCCC/C=C\CCCCCCCCOC(=O)C1CC[NH+](CCCCCCCC/C=C\CCCCCCCC)CC1. The topological polar surface area (TPSA) is 30.7 Å². The summed E-state index contributed by atoms with van der Waals surface area (Å²) in [5.41, 5.74) is 0. The molecular formula is C42H80NO2+. The molecule has 264 valence electrons. The number of hydrogen-bond donors (Lipinski definition) is 1. The van der Waals surface area contributed by atoms with E-state index in [1.54, 1.807) is 4.90 Å². The first-order valence-corrected chi connectivity index (χ1v) is 20.6. The third-order valence-corrected chi connectivity index (χ3v) is 9.97. The minimum absolute atomic E-state index is 0.0825. The van der Waals surface area contributed by atoms with Gasteiger partial charge in [-0.25, -0.2) is 0 Å². The number of piperidine rings is 1. The van der Waals surface area contributed by atoms with Crippen molar-refractivity contribution in [3.63, 3.8) is 0 Å². The zero-order valence-electron chi connectivity index (χ0n) is 30.7. The molecular weight excluding hydrogens is 550 g/mol. The van der Waals surface area contributed by atoms with E-state index in [0.29, 0.717) is 6.61 Å². The van der Waals surface area contributed by atoms with E-state index < -0.39 is 0 Å². The van der Waals surface area contributed by atoms with Crippen molar-refractivity contribution >= 4 is 5.97 Å². The fourth-order valence-corrected chi connectivity index (χ4v) is 6.77. The smallest absolute Gasteiger partial charge is 0.309 e. The molecule has 0 amide bonds. The maximum absolute atomic E-state index is 12.5. The molecule has 0 aromatic heterocycles. The van der Waals surface area contributed by atoms with E-state index in [9.17, 15) is 4.79 Å². The van der Waals surface area contributed by atoms with Crippen LogP contribution < -0.4 is 4.90 Å². The molecule has 1 aliphatic heterocycles. The molecule has 1 saturated heterocycles. The number of nitrogens with one attached hydrogen (secondary N) is 1. The van der Waals surface area contributed by atoms with Crippen LogP contribution in [-0.2, 0) is 9.53 Å². The van der Waals surface area contributed by atoms with Gasteiger partial charge in [-0.15, -0.1) is 0 Å². The molecule has 1 aliphatic rings. The van der Waals surface area contributed by atoms with Crippen LogP contribution in [0, 0.1) is 5.92 Å². The van der Waals surface area contributed by atoms with Gasteiger partial charge in [0.05, 0.1) is 32.2 Å². The van der Waals surface area contributed by atoms with Gasteiger partial charge in [0.1, 0.15) is 0 Å². The van der Waals surface area contributed by atoms with Gasteiger partial charge in [0.2, 0.25) is 0 Å². The molecule has 0 aliphatic carbocycles. The summed E-state index contributed by atoms with van der Waals surface area (Å²) >= 11 is 0. The summed E-state index contributed by atoms with van der Waals surface area (Å²) in [6.07, 6.45) is 49.2. The molecule has 0 radical (unpaired) electrons. The molecule has 0 spiro atoms. The number of allylic oxidation sites excluding steroid dienone is 4. The molecule has 1 rings (SSSR count). The van der Waals surface area contributed by atoms with Crippen molar-refractivity contribution in [2.45, 2.75) is 206 Å². The van der Waals surface area contributed by atoms with Crippen LogP contribution in [0.2, 0.25) is 0 Å². The lowest BCUT2D eigenvalue weighted by atomic mass is 9.96. The molecule has 1 heterocycles. The molecule has 3 nitrogen and oxygen atoms in total. The maximum Gasteiger partial charge on any atom is 0.309 e. The van der Waals surface area contributed by atoms with Crippen LogP contribution in [0.1, 0.15) is 206 Å². The van der Waals surface area contributed by atoms with Gasteiger partial charge in [0.15, 0.2) is 0 Å². The number of quaternary nitrogens is 1. The van der Waals surface area contributed by atoms with Crippen molar-refractivity contribution in [3.05, 3.63) is 24.3 Å². The summed E-state index contributed by atoms with van der Waals surface area (Å²) < 4.78 is 5.67. The Morgan fingerprint density at radius 1 is 0.511 bits per heavy atom. The summed E-state index contributed by atoms with van der Waals surface area (Å²) in [6.45, 7) is 8.79. The fourth-order valence-electron chi connectivity index (χ4n) is 6.77. The van der Waals surface area contributed by atoms with E-state index >= 15 is 0 Å². The van der Waals surface area contributed by atoms with Gasteiger partial charge in [-0.1, -0.05) is 147 Å². The van der Waals surface area contributed by atoms with Gasteiger partial charge in [-0.05, 0) is 70.6 Å². The summed E-state index contributed by atoms with van der Waals surface area (Å²) in [4.78, 5) is 14.3. The Bertz CT molecular complexity index is 664. The van der Waals surface area contributed by atoms with Crippen LogP contribution in [0.3, 0.4) is 0 Å². The summed E-state index contributed by atoms with van der Waals surface area (Å²) in [5, 5.41) is 0. The molecule has 0 aromatic carbocycles. The van der Waals surface area contributed by atoms with Crippen molar-refractivity contribution in [2.75, 3.05) is 26.2 Å². The van der Waals surface area contributed by atoms with Crippen LogP contribution in [0.15, 0.2) is 24.3 Å². The standard InChI is InChI=1S/C42H79NO2/c1-3-5-7-9-11-13-15-17-19-21-23-25-27-29-31-33-37-43-38-35-41(36-39-43)42(44)45-40-34-32-30-28-26-24-22-20-18-16-14-12-10-8-6-4-2/h17-20,41H,3-16,21-40H2,1-2H3/p+1/b19-17-,20-18-. The monoisotopic (exact) mass is 631 g/mol.